The van der Waals surface area contributed by atoms with Crippen LogP contribution in [-0.4, -0.2) is 17.1 Å². The maximum atomic E-state index is 13.4. The quantitative estimate of drug-likeness (QED) is 0.302. The number of para-hydroxylation sites is 1. The smallest absolute Gasteiger partial charge is 0.323 e. The lowest BCUT2D eigenvalue weighted by Gasteiger charge is -2.09. The number of amidine groups is 1. The van der Waals surface area contributed by atoms with Crippen molar-refractivity contribution in [2.45, 2.75) is 0 Å². The number of nitrogens with zero attached hydrogens (tertiary/aromatic N) is 1. The van der Waals surface area contributed by atoms with Crippen LogP contribution in [0, 0.1) is 5.82 Å². The Hall–Kier alpha value is -3.09. The Morgan fingerprint density at radius 2 is 1.90 bits per heavy atom. The first-order valence-corrected chi connectivity index (χ1v) is 6.00. The predicted molar refractivity (Wildman–Crippen MR) is 78.0 cm³/mol. The van der Waals surface area contributed by atoms with E-state index in [1.54, 1.807) is 24.3 Å². The van der Waals surface area contributed by atoms with Crippen molar-refractivity contribution < 1.29 is 14.4 Å². The minimum absolute atomic E-state index is 0.0718. The molecule has 0 aliphatic rings. The highest BCUT2D eigenvalue weighted by Crippen LogP contribution is 2.14. The molecular weight excluding hydrogens is 275 g/mol. The summed E-state index contributed by atoms with van der Waals surface area (Å²) in [4.78, 5) is 11.8. The summed E-state index contributed by atoms with van der Waals surface area (Å²) in [5, 5.41) is 16.4. The molecule has 7 heteroatoms. The van der Waals surface area contributed by atoms with Crippen molar-refractivity contribution in [2.24, 2.45) is 10.9 Å². The van der Waals surface area contributed by atoms with Gasteiger partial charge in [-0.25, -0.2) is 9.18 Å². The summed E-state index contributed by atoms with van der Waals surface area (Å²) in [7, 11) is 0. The highest BCUT2D eigenvalue weighted by molar-refractivity contribution is 6.02. The Morgan fingerprint density at radius 1 is 1.14 bits per heavy atom. The number of hydrogen-bond donors (Lipinski definition) is 4. The molecular formula is C14H13FN4O2. The van der Waals surface area contributed by atoms with E-state index >= 15 is 0 Å². The number of halogens is 1. The molecule has 0 atom stereocenters. The first-order valence-electron chi connectivity index (χ1n) is 6.00. The number of oxime groups is 1. The van der Waals surface area contributed by atoms with Crippen LogP contribution in [0.5, 0.6) is 0 Å². The minimum atomic E-state index is -0.600. The van der Waals surface area contributed by atoms with Gasteiger partial charge in [0.1, 0.15) is 5.82 Å². The fourth-order valence-corrected chi connectivity index (χ4v) is 1.66. The van der Waals surface area contributed by atoms with Gasteiger partial charge in [0.25, 0.3) is 0 Å². The van der Waals surface area contributed by atoms with E-state index in [1.165, 1.54) is 24.3 Å². The molecule has 0 radical (unpaired) electrons. The van der Waals surface area contributed by atoms with E-state index in [1.807, 2.05) is 0 Å². The minimum Gasteiger partial charge on any atom is -0.409 e. The maximum Gasteiger partial charge on any atom is 0.323 e. The van der Waals surface area contributed by atoms with Crippen LogP contribution < -0.4 is 16.4 Å². The van der Waals surface area contributed by atoms with Crippen molar-refractivity contribution in [3.8, 4) is 0 Å². The molecule has 2 rings (SSSR count). The Balaban J connectivity index is 2.08. The zero-order valence-corrected chi connectivity index (χ0v) is 10.9. The van der Waals surface area contributed by atoms with Crippen LogP contribution in [-0.2, 0) is 0 Å². The number of rotatable bonds is 3. The molecule has 5 N–H and O–H groups in total. The van der Waals surface area contributed by atoms with Gasteiger partial charge in [-0.2, -0.15) is 0 Å². The predicted octanol–water partition coefficient (Wildman–Crippen LogP) is 2.56. The summed E-state index contributed by atoms with van der Waals surface area (Å²) in [5.41, 5.74) is 6.40. The first-order chi connectivity index (χ1) is 10.1. The molecule has 6 nitrogen and oxygen atoms in total. The first kappa shape index (κ1) is 14.3. The molecule has 0 saturated heterocycles. The van der Waals surface area contributed by atoms with E-state index in [4.69, 9.17) is 10.9 Å². The Kier molecular flexibility index (Phi) is 4.35. The van der Waals surface area contributed by atoms with Crippen molar-refractivity contribution in [3.63, 3.8) is 0 Å². The van der Waals surface area contributed by atoms with E-state index in [0.717, 1.165) is 0 Å². The normalized spacial score (nSPS) is 11.0. The average Bonchev–Trinajstić information content (AvgIpc) is 2.49. The highest BCUT2D eigenvalue weighted by Gasteiger charge is 2.07. The summed E-state index contributed by atoms with van der Waals surface area (Å²) >= 11 is 0. The number of urea groups is 1. The van der Waals surface area contributed by atoms with Gasteiger partial charge in [0.15, 0.2) is 5.84 Å². The van der Waals surface area contributed by atoms with E-state index < -0.39 is 11.8 Å². The molecule has 108 valence electrons. The second-order valence-electron chi connectivity index (χ2n) is 4.13. The van der Waals surface area contributed by atoms with Gasteiger partial charge in [0.2, 0.25) is 0 Å². The second kappa shape index (κ2) is 6.38. The molecule has 0 aromatic heterocycles. The molecule has 2 amide bonds. The number of hydrogen-bond acceptors (Lipinski definition) is 3. The largest absolute Gasteiger partial charge is 0.409 e. The van der Waals surface area contributed by atoms with E-state index in [2.05, 4.69) is 15.8 Å². The Bertz CT molecular complexity index is 688. The molecule has 0 saturated carbocycles. The maximum absolute atomic E-state index is 13.4. The molecule has 2 aromatic carbocycles. The van der Waals surface area contributed by atoms with Crippen molar-refractivity contribution in [3.05, 3.63) is 59.9 Å². The third kappa shape index (κ3) is 3.69. The number of benzene rings is 2. The van der Waals surface area contributed by atoms with E-state index in [0.29, 0.717) is 11.3 Å². The van der Waals surface area contributed by atoms with Gasteiger partial charge in [-0.15, -0.1) is 0 Å². The van der Waals surface area contributed by atoms with Crippen molar-refractivity contribution in [1.29, 1.82) is 0 Å². The summed E-state index contributed by atoms with van der Waals surface area (Å²) in [6.45, 7) is 0. The monoisotopic (exact) mass is 288 g/mol. The van der Waals surface area contributed by atoms with Crippen molar-refractivity contribution in [2.75, 3.05) is 10.6 Å². The van der Waals surface area contributed by atoms with E-state index in [9.17, 15) is 9.18 Å². The summed E-state index contributed by atoms with van der Waals surface area (Å²) in [6.07, 6.45) is 0. The lowest BCUT2D eigenvalue weighted by atomic mass is 10.2. The summed E-state index contributed by atoms with van der Waals surface area (Å²) in [6, 6.07) is 11.6. The summed E-state index contributed by atoms with van der Waals surface area (Å²) < 4.78 is 13.4. The van der Waals surface area contributed by atoms with Crippen molar-refractivity contribution >= 4 is 23.2 Å². The molecule has 0 aliphatic carbocycles. The Labute approximate surface area is 120 Å². The number of nitrogens with one attached hydrogen (secondary N) is 2. The van der Waals surface area contributed by atoms with Crippen LogP contribution in [0.2, 0.25) is 0 Å². The van der Waals surface area contributed by atoms with E-state index in [-0.39, 0.29) is 11.5 Å². The SMILES string of the molecule is N/C(=N/O)c1cccc(NC(=O)Nc2ccccc2F)c1. The van der Waals surface area contributed by atoms with Crippen LogP contribution in [0.1, 0.15) is 5.56 Å². The molecule has 0 spiro atoms. The molecule has 0 fully saturated rings. The standard InChI is InChI=1S/C14H13FN4O2/c15-11-6-1-2-7-12(11)18-14(20)17-10-5-3-4-9(8-10)13(16)19-21/h1-8,21H,(H2,16,19)(H2,17,18,20). The fraction of sp³-hybridized carbons (Fsp3) is 0. The molecule has 0 aliphatic heterocycles. The van der Waals surface area contributed by atoms with Gasteiger partial charge in [-0.3, -0.25) is 0 Å². The zero-order valence-electron chi connectivity index (χ0n) is 10.9. The van der Waals surface area contributed by atoms with Gasteiger partial charge in [0, 0.05) is 11.3 Å². The van der Waals surface area contributed by atoms with Crippen LogP contribution in [0.15, 0.2) is 53.7 Å². The van der Waals surface area contributed by atoms with Crippen LogP contribution in [0.25, 0.3) is 0 Å². The Morgan fingerprint density at radius 3 is 2.62 bits per heavy atom. The molecule has 0 bridgehead atoms. The van der Waals surface area contributed by atoms with Crippen LogP contribution >= 0.6 is 0 Å². The van der Waals surface area contributed by atoms with Gasteiger partial charge < -0.3 is 21.6 Å². The number of nitrogens with two attached hydrogens (primary N) is 1. The zero-order chi connectivity index (χ0) is 15.2. The highest BCUT2D eigenvalue weighted by atomic mass is 19.1. The molecule has 21 heavy (non-hydrogen) atoms. The van der Waals surface area contributed by atoms with Crippen LogP contribution in [0.3, 0.4) is 0 Å². The lowest BCUT2D eigenvalue weighted by molar-refractivity contribution is 0.262. The lowest BCUT2D eigenvalue weighted by Crippen LogP contribution is -2.20. The van der Waals surface area contributed by atoms with Gasteiger partial charge in [-0.1, -0.05) is 29.4 Å². The third-order valence-electron chi connectivity index (χ3n) is 2.65. The number of anilines is 2. The number of carbonyl (C=O) groups excluding carboxylic acids is 1. The molecule has 0 unspecified atom stereocenters. The number of amides is 2. The second-order valence-corrected chi connectivity index (χ2v) is 4.13. The fourth-order valence-electron chi connectivity index (χ4n) is 1.66. The van der Waals surface area contributed by atoms with Gasteiger partial charge in [-0.05, 0) is 24.3 Å². The molecule has 2 aromatic rings. The topological polar surface area (TPSA) is 99.7 Å². The average molecular weight is 288 g/mol. The van der Waals surface area contributed by atoms with Crippen molar-refractivity contribution in [1.82, 2.24) is 0 Å². The summed E-state index contributed by atoms with van der Waals surface area (Å²) in [5.74, 6) is -0.605. The van der Waals surface area contributed by atoms with Gasteiger partial charge >= 0.3 is 6.03 Å². The van der Waals surface area contributed by atoms with Gasteiger partial charge in [0.05, 0.1) is 5.69 Å². The third-order valence-corrected chi connectivity index (χ3v) is 2.65. The molecule has 0 heterocycles. The van der Waals surface area contributed by atoms with Crippen LogP contribution in [0.4, 0.5) is 20.6 Å². The number of carbonyl (C=O) groups is 1.